The van der Waals surface area contributed by atoms with Gasteiger partial charge in [0.15, 0.2) is 0 Å². The van der Waals surface area contributed by atoms with Crippen LogP contribution in [0, 0.1) is 0 Å². The molecular weight excluding hydrogens is 328 g/mol. The SMILES string of the molecule is O=C(NC[C@H](O)c1ccsc1)NC[C@H]1SCCc2ccccc21. The molecule has 3 rings (SSSR count). The number of hydrogen-bond acceptors (Lipinski definition) is 4. The van der Waals surface area contributed by atoms with Crippen LogP contribution >= 0.6 is 23.1 Å². The predicted molar refractivity (Wildman–Crippen MR) is 96.0 cm³/mol. The second-order valence-electron chi connectivity index (χ2n) is 5.47. The number of nitrogens with one attached hydrogen (secondary N) is 2. The highest BCUT2D eigenvalue weighted by atomic mass is 32.2. The summed E-state index contributed by atoms with van der Waals surface area (Å²) in [6.45, 7) is 0.818. The zero-order chi connectivity index (χ0) is 16.1. The van der Waals surface area contributed by atoms with Crippen molar-refractivity contribution in [1.29, 1.82) is 0 Å². The molecule has 4 nitrogen and oxygen atoms in total. The van der Waals surface area contributed by atoms with E-state index in [0.717, 1.165) is 17.7 Å². The van der Waals surface area contributed by atoms with Crippen LogP contribution in [-0.2, 0) is 6.42 Å². The van der Waals surface area contributed by atoms with Gasteiger partial charge in [0.1, 0.15) is 0 Å². The largest absolute Gasteiger partial charge is 0.387 e. The maximum absolute atomic E-state index is 11.9. The van der Waals surface area contributed by atoms with Crippen molar-refractivity contribution >= 4 is 29.1 Å². The van der Waals surface area contributed by atoms with Gasteiger partial charge in [-0.3, -0.25) is 0 Å². The van der Waals surface area contributed by atoms with Crippen LogP contribution in [0.3, 0.4) is 0 Å². The number of urea groups is 1. The van der Waals surface area contributed by atoms with Gasteiger partial charge in [0.2, 0.25) is 0 Å². The van der Waals surface area contributed by atoms with Crippen molar-refractivity contribution in [3.8, 4) is 0 Å². The Kier molecular flexibility index (Phi) is 5.59. The Hall–Kier alpha value is -1.50. The summed E-state index contributed by atoms with van der Waals surface area (Å²) in [6.07, 6.45) is 0.438. The Bertz CT molecular complexity index is 646. The molecule has 0 radical (unpaired) electrons. The Morgan fingerprint density at radius 3 is 3.00 bits per heavy atom. The van der Waals surface area contributed by atoms with Gasteiger partial charge in [-0.1, -0.05) is 24.3 Å². The molecule has 6 heteroatoms. The van der Waals surface area contributed by atoms with Crippen LogP contribution in [0.4, 0.5) is 4.79 Å². The third-order valence-corrected chi connectivity index (χ3v) is 5.89. The van der Waals surface area contributed by atoms with E-state index >= 15 is 0 Å². The average Bonchev–Trinajstić information content (AvgIpc) is 3.12. The zero-order valence-electron chi connectivity index (χ0n) is 12.7. The highest BCUT2D eigenvalue weighted by molar-refractivity contribution is 7.99. The summed E-state index contributed by atoms with van der Waals surface area (Å²) in [6, 6.07) is 10.1. The van der Waals surface area contributed by atoms with Gasteiger partial charge in [-0.15, -0.1) is 0 Å². The van der Waals surface area contributed by atoms with Gasteiger partial charge < -0.3 is 15.7 Å². The van der Waals surface area contributed by atoms with Crippen LogP contribution in [0.2, 0.25) is 0 Å². The van der Waals surface area contributed by atoms with E-state index in [-0.39, 0.29) is 12.6 Å². The molecular formula is C17H20N2O2S2. The van der Waals surface area contributed by atoms with E-state index < -0.39 is 6.10 Å². The fraction of sp³-hybridized carbons (Fsp3) is 0.353. The topological polar surface area (TPSA) is 61.4 Å². The highest BCUT2D eigenvalue weighted by Crippen LogP contribution is 2.35. The van der Waals surface area contributed by atoms with E-state index in [4.69, 9.17) is 0 Å². The van der Waals surface area contributed by atoms with Crippen LogP contribution in [0.15, 0.2) is 41.1 Å². The number of aliphatic hydroxyl groups excluding tert-OH is 1. The van der Waals surface area contributed by atoms with E-state index in [0.29, 0.717) is 11.8 Å². The number of rotatable bonds is 5. The molecule has 0 fully saturated rings. The fourth-order valence-electron chi connectivity index (χ4n) is 2.67. The molecule has 2 amide bonds. The van der Waals surface area contributed by atoms with Crippen molar-refractivity contribution in [3.05, 3.63) is 57.8 Å². The van der Waals surface area contributed by atoms with Crippen molar-refractivity contribution in [3.63, 3.8) is 0 Å². The van der Waals surface area contributed by atoms with Crippen LogP contribution in [0.1, 0.15) is 28.0 Å². The molecule has 2 aromatic rings. The lowest BCUT2D eigenvalue weighted by Gasteiger charge is -2.25. The lowest BCUT2D eigenvalue weighted by atomic mass is 10.0. The van der Waals surface area contributed by atoms with Crippen LogP contribution < -0.4 is 10.6 Å². The van der Waals surface area contributed by atoms with Crippen molar-refractivity contribution in [2.75, 3.05) is 18.8 Å². The Balaban J connectivity index is 1.46. The summed E-state index contributed by atoms with van der Waals surface area (Å²) in [4.78, 5) is 11.9. The molecule has 1 aromatic heterocycles. The van der Waals surface area contributed by atoms with Gasteiger partial charge in [0, 0.05) is 18.3 Å². The summed E-state index contributed by atoms with van der Waals surface area (Å²) in [5.74, 6) is 1.09. The van der Waals surface area contributed by atoms with Crippen molar-refractivity contribution in [2.45, 2.75) is 17.8 Å². The quantitative estimate of drug-likeness (QED) is 0.778. The number of carbonyl (C=O) groups is 1. The molecule has 1 aromatic carbocycles. The Morgan fingerprint density at radius 2 is 2.17 bits per heavy atom. The molecule has 0 aliphatic carbocycles. The number of aryl methyl sites for hydroxylation is 1. The first kappa shape index (κ1) is 16.4. The first-order valence-corrected chi connectivity index (χ1v) is 9.64. The minimum Gasteiger partial charge on any atom is -0.387 e. The molecule has 3 N–H and O–H groups in total. The van der Waals surface area contributed by atoms with Crippen molar-refractivity contribution in [2.24, 2.45) is 0 Å². The number of thioether (sulfide) groups is 1. The standard InChI is InChI=1S/C17H20N2O2S2/c20-15(13-5-7-22-11-13)9-18-17(21)19-10-16-14-4-2-1-3-12(14)6-8-23-16/h1-5,7,11,15-16,20H,6,8-10H2,(H2,18,19,21)/t15-,16+/m0/s1. The van der Waals surface area contributed by atoms with E-state index in [9.17, 15) is 9.90 Å². The Morgan fingerprint density at radius 1 is 1.30 bits per heavy atom. The average molecular weight is 348 g/mol. The summed E-state index contributed by atoms with van der Waals surface area (Å²) in [5.41, 5.74) is 3.54. The molecule has 23 heavy (non-hydrogen) atoms. The second-order valence-corrected chi connectivity index (χ2v) is 7.56. The monoisotopic (exact) mass is 348 g/mol. The predicted octanol–water partition coefficient (Wildman–Crippen LogP) is 3.11. The van der Waals surface area contributed by atoms with E-state index in [1.807, 2.05) is 28.6 Å². The number of aliphatic hydroxyl groups is 1. The van der Waals surface area contributed by atoms with Gasteiger partial charge in [-0.05, 0) is 45.7 Å². The molecule has 0 saturated carbocycles. The van der Waals surface area contributed by atoms with Gasteiger partial charge in [0.25, 0.3) is 0 Å². The van der Waals surface area contributed by atoms with E-state index in [1.54, 1.807) is 0 Å². The number of hydrogen-bond donors (Lipinski definition) is 3. The van der Waals surface area contributed by atoms with Crippen LogP contribution in [0.25, 0.3) is 0 Å². The number of amides is 2. The smallest absolute Gasteiger partial charge is 0.314 e. The van der Waals surface area contributed by atoms with Crippen LogP contribution in [0.5, 0.6) is 0 Å². The number of carbonyl (C=O) groups excluding carboxylic acids is 1. The maximum atomic E-state index is 11.9. The fourth-order valence-corrected chi connectivity index (χ4v) is 4.61. The first-order valence-electron chi connectivity index (χ1n) is 7.65. The van der Waals surface area contributed by atoms with Crippen LogP contribution in [-0.4, -0.2) is 30.0 Å². The van der Waals surface area contributed by atoms with E-state index in [1.165, 1.54) is 22.5 Å². The highest BCUT2D eigenvalue weighted by Gasteiger charge is 2.20. The van der Waals surface area contributed by atoms with E-state index in [2.05, 4.69) is 34.9 Å². The Labute approximate surface area is 144 Å². The molecule has 0 saturated heterocycles. The molecule has 1 aliphatic heterocycles. The lowest BCUT2D eigenvalue weighted by molar-refractivity contribution is 0.173. The molecule has 0 bridgehead atoms. The van der Waals surface area contributed by atoms with Gasteiger partial charge in [-0.25, -0.2) is 4.79 Å². The summed E-state index contributed by atoms with van der Waals surface area (Å²) < 4.78 is 0. The maximum Gasteiger partial charge on any atom is 0.314 e. The molecule has 2 atom stereocenters. The number of fused-ring (bicyclic) bond motifs is 1. The summed E-state index contributed by atoms with van der Waals surface area (Å²) in [7, 11) is 0. The van der Waals surface area contributed by atoms with Gasteiger partial charge in [0.05, 0.1) is 6.10 Å². The van der Waals surface area contributed by atoms with Crippen molar-refractivity contribution in [1.82, 2.24) is 10.6 Å². The third kappa shape index (κ3) is 4.28. The summed E-state index contributed by atoms with van der Waals surface area (Å²) >= 11 is 3.41. The third-order valence-electron chi connectivity index (χ3n) is 3.92. The second kappa shape index (κ2) is 7.86. The minimum atomic E-state index is -0.656. The minimum absolute atomic E-state index is 0.219. The number of benzene rings is 1. The first-order chi connectivity index (χ1) is 11.2. The molecule has 2 heterocycles. The molecule has 0 spiro atoms. The van der Waals surface area contributed by atoms with Gasteiger partial charge >= 0.3 is 6.03 Å². The number of thiophene rings is 1. The van der Waals surface area contributed by atoms with Crippen molar-refractivity contribution < 1.29 is 9.90 Å². The van der Waals surface area contributed by atoms with Gasteiger partial charge in [-0.2, -0.15) is 23.1 Å². The lowest BCUT2D eigenvalue weighted by Crippen LogP contribution is -2.39. The molecule has 0 unspecified atom stereocenters. The molecule has 1 aliphatic rings. The normalized spacial score (nSPS) is 18.0. The molecule has 122 valence electrons. The zero-order valence-corrected chi connectivity index (χ0v) is 14.3. The summed E-state index contributed by atoms with van der Waals surface area (Å²) in [5, 5.41) is 19.7.